The highest BCUT2D eigenvalue weighted by molar-refractivity contribution is 5.79. The van der Waals surface area contributed by atoms with Crippen LogP contribution < -0.4 is 10.6 Å². The van der Waals surface area contributed by atoms with Crippen molar-refractivity contribution in [2.45, 2.75) is 39.3 Å². The summed E-state index contributed by atoms with van der Waals surface area (Å²) in [6, 6.07) is 0.443. The summed E-state index contributed by atoms with van der Waals surface area (Å²) in [4.78, 5) is 7.16. The van der Waals surface area contributed by atoms with Crippen LogP contribution in [0.15, 0.2) is 17.6 Å². The molecule has 2 N–H and O–H groups in total. The highest BCUT2D eigenvalue weighted by Crippen LogP contribution is 2.03. The van der Waals surface area contributed by atoms with Gasteiger partial charge in [-0.15, -0.1) is 10.2 Å². The van der Waals surface area contributed by atoms with Gasteiger partial charge in [0.1, 0.15) is 12.7 Å². The van der Waals surface area contributed by atoms with Crippen molar-refractivity contribution in [2.24, 2.45) is 4.99 Å². The Morgan fingerprint density at radius 3 is 2.67 bits per heavy atom. The van der Waals surface area contributed by atoms with E-state index in [2.05, 4.69) is 39.6 Å². The van der Waals surface area contributed by atoms with Crippen LogP contribution in [0.4, 0.5) is 0 Å². The summed E-state index contributed by atoms with van der Waals surface area (Å²) in [6.45, 7) is 11.5. The van der Waals surface area contributed by atoms with E-state index in [9.17, 15) is 0 Å². The summed E-state index contributed by atoms with van der Waals surface area (Å²) < 4.78 is 7.41. The van der Waals surface area contributed by atoms with Crippen LogP contribution in [0.2, 0.25) is 0 Å². The maximum atomic E-state index is 5.41. The average molecular weight is 337 g/mol. The monoisotopic (exact) mass is 337 g/mol. The molecule has 1 aliphatic rings. The van der Waals surface area contributed by atoms with Crippen LogP contribution in [0.5, 0.6) is 0 Å². The Balaban J connectivity index is 1.65. The van der Waals surface area contributed by atoms with E-state index in [4.69, 9.17) is 9.73 Å². The molecule has 1 unspecified atom stereocenters. The first-order chi connectivity index (χ1) is 11.8. The molecule has 1 aromatic heterocycles. The number of aryl methyl sites for hydroxylation is 1. The number of aliphatic imine (C=N–C) groups is 1. The second-order valence-corrected chi connectivity index (χ2v) is 6.05. The molecule has 0 saturated carbocycles. The molecule has 136 valence electrons. The minimum Gasteiger partial charge on any atom is -0.379 e. The molecule has 2 heterocycles. The van der Waals surface area contributed by atoms with Gasteiger partial charge in [-0.2, -0.15) is 0 Å². The van der Waals surface area contributed by atoms with Gasteiger partial charge in [-0.05, 0) is 26.7 Å². The molecule has 0 bridgehead atoms. The smallest absolute Gasteiger partial charge is 0.191 e. The van der Waals surface area contributed by atoms with E-state index in [0.717, 1.165) is 71.3 Å². The summed E-state index contributed by atoms with van der Waals surface area (Å²) in [6.07, 6.45) is 5.69. The molecule has 24 heavy (non-hydrogen) atoms. The average Bonchev–Trinajstić information content (AvgIpc) is 3.13. The Morgan fingerprint density at radius 1 is 1.21 bits per heavy atom. The van der Waals surface area contributed by atoms with E-state index in [1.807, 2.05) is 4.57 Å². The molecule has 1 saturated heterocycles. The van der Waals surface area contributed by atoms with Gasteiger partial charge >= 0.3 is 0 Å². The number of morpholine rings is 1. The third-order valence-corrected chi connectivity index (χ3v) is 4.13. The number of rotatable bonds is 9. The molecule has 1 atom stereocenters. The zero-order valence-electron chi connectivity index (χ0n) is 14.9. The molecule has 0 spiro atoms. The molecule has 8 nitrogen and oxygen atoms in total. The Morgan fingerprint density at radius 2 is 1.96 bits per heavy atom. The van der Waals surface area contributed by atoms with Gasteiger partial charge in [0.05, 0.1) is 19.8 Å². The van der Waals surface area contributed by atoms with Crippen LogP contribution in [0.3, 0.4) is 0 Å². The maximum Gasteiger partial charge on any atom is 0.191 e. The highest BCUT2D eigenvalue weighted by atomic mass is 16.5. The predicted molar refractivity (Wildman–Crippen MR) is 95.1 cm³/mol. The molecule has 1 fully saturated rings. The first kappa shape index (κ1) is 18.7. The fraction of sp³-hybridized carbons (Fsp3) is 0.812. The van der Waals surface area contributed by atoms with Crippen LogP contribution in [0.25, 0.3) is 0 Å². The van der Waals surface area contributed by atoms with Gasteiger partial charge in [0, 0.05) is 38.8 Å². The molecule has 1 aliphatic heterocycles. The molecule has 0 radical (unpaired) electrons. The molecule has 0 aromatic carbocycles. The van der Waals surface area contributed by atoms with Crippen LogP contribution in [-0.2, 0) is 11.3 Å². The summed E-state index contributed by atoms with van der Waals surface area (Å²) in [5.41, 5.74) is 0. The molecule has 0 aliphatic carbocycles. The van der Waals surface area contributed by atoms with E-state index in [0.29, 0.717) is 6.04 Å². The number of unbranched alkanes of at least 4 members (excludes halogenated alkanes) is 1. The highest BCUT2D eigenvalue weighted by Gasteiger charge is 2.16. The van der Waals surface area contributed by atoms with Gasteiger partial charge in [-0.1, -0.05) is 0 Å². The summed E-state index contributed by atoms with van der Waals surface area (Å²) in [5, 5.41) is 14.3. The lowest BCUT2D eigenvalue weighted by atomic mass is 10.2. The fourth-order valence-electron chi connectivity index (χ4n) is 2.66. The molecular weight excluding hydrogens is 306 g/mol. The van der Waals surface area contributed by atoms with Crippen molar-refractivity contribution in [2.75, 3.05) is 45.9 Å². The van der Waals surface area contributed by atoms with E-state index >= 15 is 0 Å². The standard InChI is InChI=1S/C16H31N7O/c1-3-17-16(18-6-4-5-7-22-13-20-21-14-22)19-12-15(2)23-8-10-24-11-9-23/h13-15H,3-12H2,1-2H3,(H2,17,18,19). The minimum absolute atomic E-state index is 0.443. The normalized spacial score (nSPS) is 17.7. The van der Waals surface area contributed by atoms with E-state index in [1.165, 1.54) is 0 Å². The molecule has 2 rings (SSSR count). The lowest BCUT2D eigenvalue weighted by Gasteiger charge is -2.31. The number of hydrogen-bond donors (Lipinski definition) is 2. The lowest BCUT2D eigenvalue weighted by Crippen LogP contribution is -2.44. The van der Waals surface area contributed by atoms with Gasteiger partial charge in [-0.25, -0.2) is 0 Å². The van der Waals surface area contributed by atoms with Crippen molar-refractivity contribution in [1.29, 1.82) is 0 Å². The number of ether oxygens (including phenoxy) is 1. The zero-order valence-corrected chi connectivity index (χ0v) is 14.9. The van der Waals surface area contributed by atoms with Crippen molar-refractivity contribution in [3.05, 3.63) is 12.7 Å². The SMILES string of the molecule is CCNC(=NCC(C)N1CCOCC1)NCCCCn1cnnc1. The van der Waals surface area contributed by atoms with Crippen LogP contribution >= 0.6 is 0 Å². The van der Waals surface area contributed by atoms with Gasteiger partial charge in [0.25, 0.3) is 0 Å². The predicted octanol–water partition coefficient (Wildman–Crippen LogP) is 0.334. The minimum atomic E-state index is 0.443. The van der Waals surface area contributed by atoms with E-state index in [1.54, 1.807) is 12.7 Å². The number of nitrogens with zero attached hydrogens (tertiary/aromatic N) is 5. The molecule has 1 aromatic rings. The van der Waals surface area contributed by atoms with Crippen molar-refractivity contribution in [3.8, 4) is 0 Å². The van der Waals surface area contributed by atoms with Gasteiger partial charge < -0.3 is 19.9 Å². The first-order valence-electron chi connectivity index (χ1n) is 8.96. The van der Waals surface area contributed by atoms with Crippen LogP contribution in [0, 0.1) is 0 Å². The zero-order chi connectivity index (χ0) is 17.0. The Kier molecular flexibility index (Phi) is 8.54. The number of nitrogens with one attached hydrogen (secondary N) is 2. The second-order valence-electron chi connectivity index (χ2n) is 6.05. The van der Waals surface area contributed by atoms with Crippen molar-refractivity contribution in [1.82, 2.24) is 30.3 Å². The van der Waals surface area contributed by atoms with Gasteiger partial charge in [-0.3, -0.25) is 9.89 Å². The largest absolute Gasteiger partial charge is 0.379 e. The number of guanidine groups is 1. The van der Waals surface area contributed by atoms with Gasteiger partial charge in [0.15, 0.2) is 5.96 Å². The first-order valence-corrected chi connectivity index (χ1v) is 8.96. The lowest BCUT2D eigenvalue weighted by molar-refractivity contribution is 0.0220. The number of aromatic nitrogens is 3. The Hall–Kier alpha value is -1.67. The second kappa shape index (κ2) is 11.0. The topological polar surface area (TPSA) is 79.6 Å². The third-order valence-electron chi connectivity index (χ3n) is 4.13. The number of hydrogen-bond acceptors (Lipinski definition) is 5. The molecule has 0 amide bonds. The third kappa shape index (κ3) is 6.84. The van der Waals surface area contributed by atoms with Crippen LogP contribution in [0.1, 0.15) is 26.7 Å². The van der Waals surface area contributed by atoms with E-state index in [-0.39, 0.29) is 0 Å². The summed E-state index contributed by atoms with van der Waals surface area (Å²) >= 11 is 0. The Labute approximate surface area is 144 Å². The molecule has 8 heteroatoms. The van der Waals surface area contributed by atoms with Crippen molar-refractivity contribution in [3.63, 3.8) is 0 Å². The summed E-state index contributed by atoms with van der Waals surface area (Å²) in [7, 11) is 0. The van der Waals surface area contributed by atoms with Crippen LogP contribution in [-0.4, -0.2) is 77.6 Å². The van der Waals surface area contributed by atoms with Crippen molar-refractivity contribution >= 4 is 5.96 Å². The van der Waals surface area contributed by atoms with Crippen molar-refractivity contribution < 1.29 is 4.74 Å². The van der Waals surface area contributed by atoms with E-state index < -0.39 is 0 Å². The van der Waals surface area contributed by atoms with Gasteiger partial charge in [0.2, 0.25) is 0 Å². The maximum absolute atomic E-state index is 5.41. The fourth-order valence-corrected chi connectivity index (χ4v) is 2.66. The molecular formula is C16H31N7O. The quantitative estimate of drug-likeness (QED) is 0.384. The summed E-state index contributed by atoms with van der Waals surface area (Å²) in [5.74, 6) is 0.905. The Bertz CT molecular complexity index is 457.